The average molecular weight is 159 g/mol. The lowest BCUT2D eigenvalue weighted by atomic mass is 9.81. The highest BCUT2D eigenvalue weighted by molar-refractivity contribution is 5.64. The van der Waals surface area contributed by atoms with E-state index < -0.39 is 6.09 Å². The van der Waals surface area contributed by atoms with Gasteiger partial charge in [0.1, 0.15) is 0 Å². The molecule has 4 nitrogen and oxygen atoms in total. The fourth-order valence-corrected chi connectivity index (χ4v) is 1.03. The number of hydrogen-bond donors (Lipinski definition) is 2. The fraction of sp³-hybridized carbons (Fsp3) is 0.857. The molecule has 1 rings (SSSR count). The Morgan fingerprint density at radius 1 is 1.73 bits per heavy atom. The van der Waals surface area contributed by atoms with E-state index in [-0.39, 0.29) is 11.5 Å². The molecule has 1 saturated heterocycles. The van der Waals surface area contributed by atoms with Crippen molar-refractivity contribution in [3.63, 3.8) is 0 Å². The Labute approximate surface area is 65.5 Å². The molecule has 1 atom stereocenters. The zero-order valence-electron chi connectivity index (χ0n) is 6.76. The summed E-state index contributed by atoms with van der Waals surface area (Å²) in [6, 6.07) is -0.0336. The summed E-state index contributed by atoms with van der Waals surface area (Å²) in [6.07, 6.45) is -0.967. The first-order valence-corrected chi connectivity index (χ1v) is 3.62. The van der Waals surface area contributed by atoms with E-state index in [9.17, 15) is 4.79 Å². The first kappa shape index (κ1) is 8.33. The van der Waals surface area contributed by atoms with Crippen LogP contribution in [0.4, 0.5) is 4.79 Å². The molecular formula is C7H13NO3. The summed E-state index contributed by atoms with van der Waals surface area (Å²) in [5, 5.41) is 10.8. The van der Waals surface area contributed by atoms with Crippen molar-refractivity contribution in [2.24, 2.45) is 5.41 Å². The van der Waals surface area contributed by atoms with Crippen molar-refractivity contribution in [2.75, 3.05) is 13.2 Å². The molecule has 0 aromatic carbocycles. The van der Waals surface area contributed by atoms with Gasteiger partial charge in [-0.25, -0.2) is 4.79 Å². The molecule has 64 valence electrons. The van der Waals surface area contributed by atoms with Gasteiger partial charge >= 0.3 is 6.09 Å². The lowest BCUT2D eigenvalue weighted by Crippen LogP contribution is -2.54. The molecule has 1 heterocycles. The molecule has 2 N–H and O–H groups in total. The molecule has 0 unspecified atom stereocenters. The van der Waals surface area contributed by atoms with Crippen molar-refractivity contribution < 1.29 is 14.6 Å². The van der Waals surface area contributed by atoms with Gasteiger partial charge in [-0.05, 0) is 6.92 Å². The van der Waals surface area contributed by atoms with Gasteiger partial charge in [0.25, 0.3) is 0 Å². The van der Waals surface area contributed by atoms with Crippen LogP contribution in [0.3, 0.4) is 0 Å². The summed E-state index contributed by atoms with van der Waals surface area (Å²) >= 11 is 0. The summed E-state index contributed by atoms with van der Waals surface area (Å²) in [5.74, 6) is 0. The van der Waals surface area contributed by atoms with Crippen molar-refractivity contribution >= 4 is 6.09 Å². The molecule has 11 heavy (non-hydrogen) atoms. The van der Waals surface area contributed by atoms with Gasteiger partial charge in [-0.3, -0.25) is 0 Å². The maximum Gasteiger partial charge on any atom is 0.404 e. The Hall–Kier alpha value is -0.770. The largest absolute Gasteiger partial charge is 0.465 e. The highest BCUT2D eigenvalue weighted by Gasteiger charge is 2.39. The third kappa shape index (κ3) is 1.63. The van der Waals surface area contributed by atoms with Crippen molar-refractivity contribution in [3.05, 3.63) is 0 Å². The molecule has 0 aliphatic carbocycles. The molecule has 1 aliphatic heterocycles. The Kier molecular flexibility index (Phi) is 2.04. The van der Waals surface area contributed by atoms with Crippen LogP contribution in [0.25, 0.3) is 0 Å². The van der Waals surface area contributed by atoms with Gasteiger partial charge in [0.15, 0.2) is 0 Å². The third-order valence-corrected chi connectivity index (χ3v) is 2.25. The molecule has 4 heteroatoms. The number of nitrogens with one attached hydrogen (secondary N) is 1. The summed E-state index contributed by atoms with van der Waals surface area (Å²) in [6.45, 7) is 5.16. The molecule has 0 aromatic rings. The van der Waals surface area contributed by atoms with Gasteiger partial charge in [-0.2, -0.15) is 0 Å². The number of ether oxygens (including phenoxy) is 1. The minimum atomic E-state index is -0.967. The minimum Gasteiger partial charge on any atom is -0.465 e. The zero-order valence-corrected chi connectivity index (χ0v) is 6.76. The Balaban J connectivity index is 2.40. The highest BCUT2D eigenvalue weighted by atomic mass is 16.5. The van der Waals surface area contributed by atoms with E-state index in [1.165, 1.54) is 0 Å². The molecular weight excluding hydrogens is 146 g/mol. The Morgan fingerprint density at radius 3 is 2.55 bits per heavy atom. The fourth-order valence-electron chi connectivity index (χ4n) is 1.03. The molecule has 1 aliphatic rings. The van der Waals surface area contributed by atoms with Gasteiger partial charge in [0, 0.05) is 11.5 Å². The van der Waals surface area contributed by atoms with E-state index in [0.717, 1.165) is 0 Å². The van der Waals surface area contributed by atoms with Crippen molar-refractivity contribution in [3.8, 4) is 0 Å². The van der Waals surface area contributed by atoms with Crippen LogP contribution in [0.5, 0.6) is 0 Å². The summed E-state index contributed by atoms with van der Waals surface area (Å²) in [4.78, 5) is 10.2. The second kappa shape index (κ2) is 2.70. The van der Waals surface area contributed by atoms with Crippen LogP contribution in [-0.2, 0) is 4.74 Å². The molecule has 0 aromatic heterocycles. The van der Waals surface area contributed by atoms with Crippen LogP contribution in [0.2, 0.25) is 0 Å². The van der Waals surface area contributed by atoms with Crippen molar-refractivity contribution in [2.45, 2.75) is 19.9 Å². The average Bonchev–Trinajstić information content (AvgIpc) is 1.81. The van der Waals surface area contributed by atoms with E-state index in [1.807, 2.05) is 13.8 Å². The van der Waals surface area contributed by atoms with Crippen LogP contribution < -0.4 is 5.32 Å². The topological polar surface area (TPSA) is 58.6 Å². The molecule has 1 amide bonds. The van der Waals surface area contributed by atoms with Crippen LogP contribution in [0.15, 0.2) is 0 Å². The predicted molar refractivity (Wildman–Crippen MR) is 39.5 cm³/mol. The Morgan fingerprint density at radius 2 is 2.27 bits per heavy atom. The monoisotopic (exact) mass is 159 g/mol. The maximum absolute atomic E-state index is 10.2. The summed E-state index contributed by atoms with van der Waals surface area (Å²) in [7, 11) is 0. The van der Waals surface area contributed by atoms with Gasteiger partial charge < -0.3 is 15.2 Å². The lowest BCUT2D eigenvalue weighted by molar-refractivity contribution is -0.116. The number of hydrogen-bond acceptors (Lipinski definition) is 2. The van der Waals surface area contributed by atoms with Gasteiger partial charge in [-0.15, -0.1) is 0 Å². The predicted octanol–water partition coefficient (Wildman–Crippen LogP) is 0.679. The second-order valence-corrected chi connectivity index (χ2v) is 3.32. The van der Waals surface area contributed by atoms with E-state index in [2.05, 4.69) is 5.32 Å². The van der Waals surface area contributed by atoms with Crippen LogP contribution in [0.1, 0.15) is 13.8 Å². The molecule has 0 spiro atoms. The van der Waals surface area contributed by atoms with E-state index in [0.29, 0.717) is 13.2 Å². The van der Waals surface area contributed by atoms with Crippen molar-refractivity contribution in [1.82, 2.24) is 5.32 Å². The standard InChI is InChI=1S/C7H13NO3/c1-5(8-6(9)10)7(2)3-11-4-7/h5,8H,3-4H2,1-2H3,(H,9,10)/t5-/m1/s1. The van der Waals surface area contributed by atoms with Crippen LogP contribution >= 0.6 is 0 Å². The number of carbonyl (C=O) groups is 1. The lowest BCUT2D eigenvalue weighted by Gasteiger charge is -2.42. The minimum absolute atomic E-state index is 0.00160. The number of amides is 1. The van der Waals surface area contributed by atoms with Crippen LogP contribution in [-0.4, -0.2) is 30.5 Å². The molecule has 0 bridgehead atoms. The molecule has 0 radical (unpaired) electrons. The van der Waals surface area contributed by atoms with Gasteiger partial charge in [0.2, 0.25) is 0 Å². The zero-order chi connectivity index (χ0) is 8.48. The third-order valence-electron chi connectivity index (χ3n) is 2.25. The van der Waals surface area contributed by atoms with Gasteiger partial charge in [-0.1, -0.05) is 6.92 Å². The van der Waals surface area contributed by atoms with Crippen molar-refractivity contribution in [1.29, 1.82) is 0 Å². The first-order chi connectivity index (χ1) is 5.04. The van der Waals surface area contributed by atoms with Gasteiger partial charge in [0.05, 0.1) is 13.2 Å². The van der Waals surface area contributed by atoms with E-state index in [4.69, 9.17) is 9.84 Å². The Bertz CT molecular complexity index is 165. The van der Waals surface area contributed by atoms with E-state index >= 15 is 0 Å². The molecule has 0 saturated carbocycles. The number of rotatable bonds is 2. The maximum atomic E-state index is 10.2. The summed E-state index contributed by atoms with van der Waals surface area (Å²) < 4.78 is 5.01. The summed E-state index contributed by atoms with van der Waals surface area (Å²) in [5.41, 5.74) is -0.00160. The van der Waals surface area contributed by atoms with Crippen LogP contribution in [0, 0.1) is 5.41 Å². The molecule has 1 fully saturated rings. The first-order valence-electron chi connectivity index (χ1n) is 3.62. The normalized spacial score (nSPS) is 23.5. The highest BCUT2D eigenvalue weighted by Crippen LogP contribution is 2.30. The SMILES string of the molecule is C[C@@H](NC(=O)O)C1(C)COC1. The quantitative estimate of drug-likeness (QED) is 0.622. The van der Waals surface area contributed by atoms with E-state index in [1.54, 1.807) is 0 Å². The second-order valence-electron chi connectivity index (χ2n) is 3.32. The number of carboxylic acid groups (broad SMARTS) is 1. The smallest absolute Gasteiger partial charge is 0.404 e.